The molecular weight excluding hydrogens is 248 g/mol. The standard InChI is InChI=1S/C12H18N4O3/c1-3-15(4-2)12(17)7-8-13-10-5-6-11(14-9-10)16(18)19/h5-6,9,13H,3-4,7-8H2,1-2H3. The fourth-order valence-corrected chi connectivity index (χ4v) is 1.65. The van der Waals surface area contributed by atoms with E-state index in [4.69, 9.17) is 0 Å². The van der Waals surface area contributed by atoms with Crippen molar-refractivity contribution < 1.29 is 9.72 Å². The summed E-state index contributed by atoms with van der Waals surface area (Å²) < 4.78 is 0. The molecule has 19 heavy (non-hydrogen) atoms. The monoisotopic (exact) mass is 266 g/mol. The first-order chi connectivity index (χ1) is 9.08. The molecule has 0 bridgehead atoms. The summed E-state index contributed by atoms with van der Waals surface area (Å²) in [5, 5.41) is 13.4. The van der Waals surface area contributed by atoms with Crippen LogP contribution in [0.15, 0.2) is 18.3 Å². The minimum absolute atomic E-state index is 0.0902. The summed E-state index contributed by atoms with van der Waals surface area (Å²) >= 11 is 0. The third-order valence-electron chi connectivity index (χ3n) is 2.72. The van der Waals surface area contributed by atoms with Crippen LogP contribution in [0.4, 0.5) is 11.5 Å². The molecule has 0 aromatic carbocycles. The highest BCUT2D eigenvalue weighted by atomic mass is 16.6. The number of aromatic nitrogens is 1. The number of anilines is 1. The van der Waals surface area contributed by atoms with E-state index >= 15 is 0 Å². The smallest absolute Gasteiger partial charge is 0.363 e. The number of carbonyl (C=O) groups is 1. The first-order valence-corrected chi connectivity index (χ1v) is 6.20. The molecule has 1 aromatic rings. The van der Waals surface area contributed by atoms with Crippen molar-refractivity contribution in [3.63, 3.8) is 0 Å². The lowest BCUT2D eigenvalue weighted by molar-refractivity contribution is -0.389. The van der Waals surface area contributed by atoms with E-state index in [1.807, 2.05) is 13.8 Å². The highest BCUT2D eigenvalue weighted by Gasteiger charge is 2.09. The van der Waals surface area contributed by atoms with Crippen LogP contribution in [-0.2, 0) is 4.79 Å². The van der Waals surface area contributed by atoms with Gasteiger partial charge in [0.2, 0.25) is 5.91 Å². The van der Waals surface area contributed by atoms with E-state index in [-0.39, 0.29) is 11.7 Å². The van der Waals surface area contributed by atoms with Crippen molar-refractivity contribution in [2.45, 2.75) is 20.3 Å². The Bertz CT molecular complexity index is 429. The molecule has 0 atom stereocenters. The quantitative estimate of drug-likeness (QED) is 0.599. The number of hydrogen-bond donors (Lipinski definition) is 1. The Morgan fingerprint density at radius 1 is 1.42 bits per heavy atom. The van der Waals surface area contributed by atoms with E-state index in [1.54, 1.807) is 11.0 Å². The Morgan fingerprint density at radius 3 is 2.58 bits per heavy atom. The summed E-state index contributed by atoms with van der Waals surface area (Å²) in [6.07, 6.45) is 1.78. The molecule has 0 aliphatic carbocycles. The second-order valence-electron chi connectivity index (χ2n) is 3.90. The highest BCUT2D eigenvalue weighted by Crippen LogP contribution is 2.11. The lowest BCUT2D eigenvalue weighted by Crippen LogP contribution is -2.31. The summed E-state index contributed by atoms with van der Waals surface area (Å²) in [6.45, 7) is 5.77. The van der Waals surface area contributed by atoms with E-state index in [1.165, 1.54) is 12.3 Å². The van der Waals surface area contributed by atoms with Crippen molar-refractivity contribution >= 4 is 17.4 Å². The number of rotatable bonds is 7. The molecule has 1 aromatic heterocycles. The molecule has 1 heterocycles. The first-order valence-electron chi connectivity index (χ1n) is 6.20. The van der Waals surface area contributed by atoms with E-state index < -0.39 is 4.92 Å². The Morgan fingerprint density at radius 2 is 2.11 bits per heavy atom. The Labute approximate surface area is 111 Å². The Balaban J connectivity index is 2.41. The average Bonchev–Trinajstić information content (AvgIpc) is 2.40. The van der Waals surface area contributed by atoms with Crippen molar-refractivity contribution in [3.05, 3.63) is 28.4 Å². The third-order valence-corrected chi connectivity index (χ3v) is 2.72. The molecule has 7 heteroatoms. The summed E-state index contributed by atoms with van der Waals surface area (Å²) in [7, 11) is 0. The molecule has 0 unspecified atom stereocenters. The summed E-state index contributed by atoms with van der Waals surface area (Å²) in [5.41, 5.74) is 0.665. The molecule has 104 valence electrons. The molecule has 0 radical (unpaired) electrons. The van der Waals surface area contributed by atoms with E-state index in [2.05, 4.69) is 10.3 Å². The maximum Gasteiger partial charge on any atom is 0.363 e. The van der Waals surface area contributed by atoms with Crippen LogP contribution in [0.3, 0.4) is 0 Å². The topological polar surface area (TPSA) is 88.4 Å². The van der Waals surface area contributed by atoms with Gasteiger partial charge in [-0.1, -0.05) is 0 Å². The predicted molar refractivity (Wildman–Crippen MR) is 71.9 cm³/mol. The predicted octanol–water partition coefficient (Wildman–Crippen LogP) is 1.66. The van der Waals surface area contributed by atoms with E-state index in [0.717, 1.165) is 0 Å². The van der Waals surface area contributed by atoms with Gasteiger partial charge in [-0.3, -0.25) is 4.79 Å². The zero-order valence-corrected chi connectivity index (χ0v) is 11.1. The van der Waals surface area contributed by atoms with Gasteiger partial charge in [0.25, 0.3) is 0 Å². The van der Waals surface area contributed by atoms with Gasteiger partial charge in [0.1, 0.15) is 0 Å². The van der Waals surface area contributed by atoms with Gasteiger partial charge in [-0.2, -0.15) is 0 Å². The summed E-state index contributed by atoms with van der Waals surface area (Å²) in [4.78, 5) is 27.0. The zero-order valence-electron chi connectivity index (χ0n) is 11.1. The number of nitrogens with one attached hydrogen (secondary N) is 1. The van der Waals surface area contributed by atoms with Gasteiger partial charge >= 0.3 is 5.82 Å². The van der Waals surface area contributed by atoms with Gasteiger partial charge in [-0.15, -0.1) is 0 Å². The van der Waals surface area contributed by atoms with Crippen molar-refractivity contribution in [2.24, 2.45) is 0 Å². The fourth-order valence-electron chi connectivity index (χ4n) is 1.65. The molecule has 0 aliphatic heterocycles. The summed E-state index contributed by atoms with van der Waals surface area (Å²) in [5.74, 6) is -0.0999. The molecule has 0 saturated carbocycles. The summed E-state index contributed by atoms with van der Waals surface area (Å²) in [6, 6.07) is 2.90. The van der Waals surface area contributed by atoms with Crippen LogP contribution < -0.4 is 5.32 Å². The van der Waals surface area contributed by atoms with E-state index in [0.29, 0.717) is 31.7 Å². The van der Waals surface area contributed by atoms with Crippen molar-refractivity contribution in [3.8, 4) is 0 Å². The van der Waals surface area contributed by atoms with Gasteiger partial charge < -0.3 is 20.3 Å². The molecule has 0 spiro atoms. The molecule has 0 saturated heterocycles. The van der Waals surface area contributed by atoms with Crippen LogP contribution in [0.5, 0.6) is 0 Å². The minimum atomic E-state index is -0.548. The van der Waals surface area contributed by atoms with Gasteiger partial charge in [0, 0.05) is 32.1 Å². The van der Waals surface area contributed by atoms with Crippen LogP contribution in [0.2, 0.25) is 0 Å². The number of hydrogen-bond acceptors (Lipinski definition) is 5. The number of nitrogens with zero attached hydrogens (tertiary/aromatic N) is 3. The maximum atomic E-state index is 11.7. The van der Waals surface area contributed by atoms with Crippen molar-refractivity contribution in [1.82, 2.24) is 9.88 Å². The van der Waals surface area contributed by atoms with Crippen LogP contribution in [-0.4, -0.2) is 40.3 Å². The highest BCUT2D eigenvalue weighted by molar-refractivity contribution is 5.76. The molecule has 1 rings (SSSR count). The van der Waals surface area contributed by atoms with E-state index in [9.17, 15) is 14.9 Å². The second-order valence-corrected chi connectivity index (χ2v) is 3.90. The van der Waals surface area contributed by atoms with Crippen LogP contribution in [0, 0.1) is 10.1 Å². The van der Waals surface area contributed by atoms with Gasteiger partial charge in [0.15, 0.2) is 6.20 Å². The van der Waals surface area contributed by atoms with Crippen molar-refractivity contribution in [1.29, 1.82) is 0 Å². The minimum Gasteiger partial charge on any atom is -0.381 e. The Hall–Kier alpha value is -2.18. The lowest BCUT2D eigenvalue weighted by Gasteiger charge is -2.18. The molecule has 0 fully saturated rings. The number of amides is 1. The number of pyridine rings is 1. The van der Waals surface area contributed by atoms with Gasteiger partial charge in [-0.05, 0) is 29.8 Å². The molecule has 7 nitrogen and oxygen atoms in total. The normalized spacial score (nSPS) is 10.0. The third kappa shape index (κ3) is 4.53. The number of carbonyl (C=O) groups excluding carboxylic acids is 1. The molecular formula is C12H18N4O3. The Kier molecular flexibility index (Phi) is 5.72. The zero-order chi connectivity index (χ0) is 14.3. The van der Waals surface area contributed by atoms with Crippen LogP contribution >= 0.6 is 0 Å². The SMILES string of the molecule is CCN(CC)C(=O)CCNc1ccc([N+](=O)[O-])nc1. The number of nitro groups is 1. The van der Waals surface area contributed by atoms with Crippen LogP contribution in [0.25, 0.3) is 0 Å². The van der Waals surface area contributed by atoms with Crippen LogP contribution in [0.1, 0.15) is 20.3 Å². The van der Waals surface area contributed by atoms with Gasteiger partial charge in [-0.25, -0.2) is 0 Å². The second kappa shape index (κ2) is 7.30. The molecule has 1 amide bonds. The first kappa shape index (κ1) is 14.9. The lowest BCUT2D eigenvalue weighted by atomic mass is 10.3. The largest absolute Gasteiger partial charge is 0.381 e. The molecule has 1 N–H and O–H groups in total. The fraction of sp³-hybridized carbons (Fsp3) is 0.500. The molecule has 0 aliphatic rings. The van der Waals surface area contributed by atoms with Crippen molar-refractivity contribution in [2.75, 3.05) is 25.0 Å². The average molecular weight is 266 g/mol. The maximum absolute atomic E-state index is 11.7. The van der Waals surface area contributed by atoms with Gasteiger partial charge in [0.05, 0.1) is 5.69 Å².